The van der Waals surface area contributed by atoms with Gasteiger partial charge in [-0.3, -0.25) is 14.7 Å². The Balaban J connectivity index is 1.43. The van der Waals surface area contributed by atoms with E-state index in [2.05, 4.69) is 12.0 Å². The molecule has 0 spiro atoms. The Morgan fingerprint density at radius 3 is 2.70 bits per heavy atom. The highest BCUT2D eigenvalue weighted by Gasteiger charge is 2.27. The lowest BCUT2D eigenvalue weighted by Gasteiger charge is -2.23. The smallest absolute Gasteiger partial charge is 0.279 e. The summed E-state index contributed by atoms with van der Waals surface area (Å²) < 4.78 is 7.30. The van der Waals surface area contributed by atoms with Crippen LogP contribution in [-0.2, 0) is 9.53 Å². The van der Waals surface area contributed by atoms with E-state index in [1.54, 1.807) is 16.7 Å². The monoisotopic (exact) mass is 449 g/mol. The second-order valence-corrected chi connectivity index (χ2v) is 8.60. The molecule has 4 rings (SSSR count). The Bertz CT molecular complexity index is 1180. The fourth-order valence-electron chi connectivity index (χ4n) is 4.66. The highest BCUT2D eigenvalue weighted by atomic mass is 16.5. The molecule has 1 aliphatic rings. The molecule has 174 valence electrons. The van der Waals surface area contributed by atoms with E-state index in [0.29, 0.717) is 11.8 Å². The minimum Gasteiger partial charge on any atom is -0.394 e. The van der Waals surface area contributed by atoms with E-state index in [-0.39, 0.29) is 36.1 Å². The van der Waals surface area contributed by atoms with Crippen LogP contribution in [-0.4, -0.2) is 52.0 Å². The van der Waals surface area contributed by atoms with Crippen molar-refractivity contribution in [2.75, 3.05) is 20.3 Å². The van der Waals surface area contributed by atoms with Crippen LogP contribution in [0.5, 0.6) is 0 Å². The van der Waals surface area contributed by atoms with Crippen LogP contribution in [0.15, 0.2) is 65.5 Å². The summed E-state index contributed by atoms with van der Waals surface area (Å²) in [5, 5.41) is 13.2. The molecular formula is C26H31N3O4. The van der Waals surface area contributed by atoms with Crippen LogP contribution >= 0.6 is 0 Å². The molecule has 7 nitrogen and oxygen atoms in total. The van der Waals surface area contributed by atoms with Crippen molar-refractivity contribution >= 4 is 16.8 Å². The zero-order valence-corrected chi connectivity index (χ0v) is 19.1. The molecular weight excluding hydrogens is 418 g/mol. The molecule has 0 radical (unpaired) electrons. The van der Waals surface area contributed by atoms with Crippen molar-refractivity contribution < 1.29 is 14.6 Å². The summed E-state index contributed by atoms with van der Waals surface area (Å²) in [6.07, 6.45) is 5.86. The SMILES string of the molecule is CO[C@@H](c1ccc(-n2[nH]c3ccccc3c2=O)cc1)[C@@H](C)/C=C/CC(=O)N1CCC[C@H]1CO. The van der Waals surface area contributed by atoms with Gasteiger partial charge < -0.3 is 14.7 Å². The zero-order valence-electron chi connectivity index (χ0n) is 19.1. The van der Waals surface area contributed by atoms with Crippen molar-refractivity contribution in [2.24, 2.45) is 5.92 Å². The van der Waals surface area contributed by atoms with Gasteiger partial charge in [0.25, 0.3) is 5.56 Å². The lowest BCUT2D eigenvalue weighted by atomic mass is 9.96. The maximum absolute atomic E-state index is 12.7. The topological polar surface area (TPSA) is 87.6 Å². The fourth-order valence-corrected chi connectivity index (χ4v) is 4.66. The molecule has 1 aliphatic heterocycles. The normalized spacial score (nSPS) is 18.3. The molecule has 7 heteroatoms. The number of aliphatic hydroxyl groups is 1. The van der Waals surface area contributed by atoms with E-state index < -0.39 is 0 Å². The summed E-state index contributed by atoms with van der Waals surface area (Å²) in [5.41, 5.74) is 2.47. The van der Waals surface area contributed by atoms with Crippen LogP contribution in [0.4, 0.5) is 0 Å². The summed E-state index contributed by atoms with van der Waals surface area (Å²) in [5.74, 6) is 0.105. The molecule has 1 saturated heterocycles. The van der Waals surface area contributed by atoms with Gasteiger partial charge in [-0.25, -0.2) is 4.68 Å². The molecule has 1 aromatic heterocycles. The predicted octanol–water partition coefficient (Wildman–Crippen LogP) is 3.57. The first-order valence-corrected chi connectivity index (χ1v) is 11.4. The number of rotatable bonds is 8. The van der Waals surface area contributed by atoms with Gasteiger partial charge in [-0.1, -0.05) is 43.3 Å². The number of aromatic amines is 1. The molecule has 1 fully saturated rings. The minimum absolute atomic E-state index is 0.0260. The Morgan fingerprint density at radius 1 is 1.24 bits per heavy atom. The number of hydrogen-bond donors (Lipinski definition) is 2. The van der Waals surface area contributed by atoms with Gasteiger partial charge in [0, 0.05) is 26.0 Å². The van der Waals surface area contributed by atoms with E-state index >= 15 is 0 Å². The number of carbonyl (C=O) groups is 1. The summed E-state index contributed by atoms with van der Waals surface area (Å²) in [6.45, 7) is 2.80. The lowest BCUT2D eigenvalue weighted by molar-refractivity contribution is -0.131. The molecule has 2 N–H and O–H groups in total. The number of likely N-dealkylation sites (tertiary alicyclic amines) is 1. The number of nitrogens with one attached hydrogen (secondary N) is 1. The van der Waals surface area contributed by atoms with Crippen molar-refractivity contribution in [1.29, 1.82) is 0 Å². The van der Waals surface area contributed by atoms with Gasteiger partial charge in [0.05, 0.1) is 35.3 Å². The number of fused-ring (bicyclic) bond motifs is 1. The third-order valence-electron chi connectivity index (χ3n) is 6.44. The predicted molar refractivity (Wildman–Crippen MR) is 128 cm³/mol. The number of hydrogen-bond acceptors (Lipinski definition) is 4. The van der Waals surface area contributed by atoms with Crippen molar-refractivity contribution in [3.8, 4) is 5.69 Å². The van der Waals surface area contributed by atoms with Crippen LogP contribution in [0.3, 0.4) is 0 Å². The first-order valence-electron chi connectivity index (χ1n) is 11.4. The maximum Gasteiger partial charge on any atom is 0.279 e. The van der Waals surface area contributed by atoms with Gasteiger partial charge in [0.2, 0.25) is 5.91 Å². The molecule has 1 amide bonds. The average molecular weight is 450 g/mol. The number of aromatic nitrogens is 2. The van der Waals surface area contributed by atoms with Crippen LogP contribution in [0.1, 0.15) is 37.9 Å². The van der Waals surface area contributed by atoms with Gasteiger partial charge in [0.1, 0.15) is 0 Å². The lowest BCUT2D eigenvalue weighted by Crippen LogP contribution is -2.37. The van der Waals surface area contributed by atoms with Crippen molar-refractivity contribution in [1.82, 2.24) is 14.7 Å². The van der Waals surface area contributed by atoms with Gasteiger partial charge in [-0.05, 0) is 42.7 Å². The van der Waals surface area contributed by atoms with E-state index in [0.717, 1.165) is 36.2 Å². The number of nitrogens with zero attached hydrogens (tertiary/aromatic N) is 2. The van der Waals surface area contributed by atoms with E-state index in [4.69, 9.17) is 4.74 Å². The molecule has 2 heterocycles. The zero-order chi connectivity index (χ0) is 23.4. The molecule has 3 aromatic rings. The standard InChI is InChI=1S/C26H31N3O4/c1-18(7-5-11-24(31)28-16-6-8-21(28)17-30)25(33-2)19-12-14-20(15-13-19)29-26(32)22-9-3-4-10-23(22)27-29/h3-5,7,9-10,12-15,18,21,25,27,30H,6,8,11,16-17H2,1-2H3/b7-5+/t18-,21-,25+/m0/s1. The third-order valence-corrected chi connectivity index (χ3v) is 6.44. The number of benzene rings is 2. The Hall–Kier alpha value is -3.16. The quantitative estimate of drug-likeness (QED) is 0.515. The first kappa shape index (κ1) is 23.0. The van der Waals surface area contributed by atoms with Gasteiger partial charge in [0.15, 0.2) is 0 Å². The number of methoxy groups -OCH3 is 1. The van der Waals surface area contributed by atoms with Gasteiger partial charge >= 0.3 is 0 Å². The summed E-state index contributed by atoms with van der Waals surface area (Å²) in [6, 6.07) is 15.1. The van der Waals surface area contributed by atoms with Crippen molar-refractivity contribution in [3.63, 3.8) is 0 Å². The van der Waals surface area contributed by atoms with Crippen LogP contribution in [0, 0.1) is 5.92 Å². The van der Waals surface area contributed by atoms with E-state index in [1.807, 2.05) is 60.7 Å². The second-order valence-electron chi connectivity index (χ2n) is 8.60. The van der Waals surface area contributed by atoms with E-state index in [9.17, 15) is 14.7 Å². The molecule has 0 unspecified atom stereocenters. The average Bonchev–Trinajstić information content (AvgIpc) is 3.45. The fraction of sp³-hybridized carbons (Fsp3) is 0.385. The number of carbonyl (C=O) groups excluding carboxylic acids is 1. The molecule has 0 saturated carbocycles. The van der Waals surface area contributed by atoms with E-state index in [1.165, 1.54) is 0 Å². The number of ether oxygens (including phenoxy) is 1. The largest absolute Gasteiger partial charge is 0.394 e. The number of aliphatic hydroxyl groups excluding tert-OH is 1. The van der Waals surface area contributed by atoms with Crippen LogP contribution in [0.2, 0.25) is 0 Å². The molecule has 2 aromatic carbocycles. The molecule has 0 aliphatic carbocycles. The highest BCUT2D eigenvalue weighted by Crippen LogP contribution is 2.27. The van der Waals surface area contributed by atoms with Crippen molar-refractivity contribution in [3.05, 3.63) is 76.6 Å². The summed E-state index contributed by atoms with van der Waals surface area (Å²) in [4.78, 5) is 26.9. The number of para-hydroxylation sites is 1. The van der Waals surface area contributed by atoms with Gasteiger partial charge in [-0.2, -0.15) is 0 Å². The molecule has 3 atom stereocenters. The molecule has 0 bridgehead atoms. The third kappa shape index (κ3) is 4.79. The minimum atomic E-state index is -0.179. The Labute approximate surface area is 193 Å². The first-order chi connectivity index (χ1) is 16.0. The summed E-state index contributed by atoms with van der Waals surface area (Å²) >= 11 is 0. The second kappa shape index (κ2) is 10.2. The van der Waals surface area contributed by atoms with Crippen molar-refractivity contribution in [2.45, 2.75) is 38.3 Å². The number of amides is 1. The highest BCUT2D eigenvalue weighted by molar-refractivity contribution is 5.78. The maximum atomic E-state index is 12.7. The summed E-state index contributed by atoms with van der Waals surface area (Å²) in [7, 11) is 1.67. The molecule has 33 heavy (non-hydrogen) atoms. The van der Waals surface area contributed by atoms with Gasteiger partial charge in [-0.15, -0.1) is 0 Å². The van der Waals surface area contributed by atoms with Crippen LogP contribution < -0.4 is 5.56 Å². The number of H-pyrrole nitrogens is 1. The Kier molecular flexibility index (Phi) is 7.11. The van der Waals surface area contributed by atoms with Crippen LogP contribution in [0.25, 0.3) is 16.6 Å². The Morgan fingerprint density at radius 2 is 2.00 bits per heavy atom.